The molecule has 2 aliphatic heterocycles. The van der Waals surface area contributed by atoms with Gasteiger partial charge in [0.1, 0.15) is 0 Å². The van der Waals surface area contributed by atoms with E-state index in [1.54, 1.807) is 0 Å². The van der Waals surface area contributed by atoms with Gasteiger partial charge in [-0.3, -0.25) is 9.48 Å². The summed E-state index contributed by atoms with van der Waals surface area (Å²) in [5.41, 5.74) is 4.70. The number of anilines is 1. The molecule has 0 bridgehead atoms. The largest absolute Gasteiger partial charge is 0.417 e. The van der Waals surface area contributed by atoms with Gasteiger partial charge in [0.15, 0.2) is 5.69 Å². The fraction of sp³-hybridized carbons (Fsp3) is 0.636. The predicted molar refractivity (Wildman–Crippen MR) is 117 cm³/mol. The van der Waals surface area contributed by atoms with Crippen molar-refractivity contribution >= 4 is 22.5 Å². The molecule has 0 radical (unpaired) electrons. The first-order valence-corrected chi connectivity index (χ1v) is 11.3. The smallest absolute Gasteiger partial charge is 0.399 e. The SMILES string of the molecule is Cn1nc(C(=O)NC2CCN(CCN3CCCCC3)CC2)c2c(C(F)(F)F)cc(N)cc21. The number of carbonyl (C=O) groups is 1. The van der Waals surface area contributed by atoms with Crippen LogP contribution < -0.4 is 11.1 Å². The summed E-state index contributed by atoms with van der Waals surface area (Å²) in [7, 11) is 1.51. The minimum absolute atomic E-state index is 0.0169. The van der Waals surface area contributed by atoms with Crippen molar-refractivity contribution < 1.29 is 18.0 Å². The number of hydrogen-bond donors (Lipinski definition) is 2. The first-order valence-electron chi connectivity index (χ1n) is 11.3. The van der Waals surface area contributed by atoms with Gasteiger partial charge in [-0.2, -0.15) is 18.3 Å². The molecular weight excluding hydrogens is 421 g/mol. The first kappa shape index (κ1) is 22.8. The van der Waals surface area contributed by atoms with Gasteiger partial charge < -0.3 is 20.9 Å². The van der Waals surface area contributed by atoms with E-state index in [2.05, 4.69) is 20.2 Å². The van der Waals surface area contributed by atoms with E-state index in [0.29, 0.717) is 0 Å². The van der Waals surface area contributed by atoms with E-state index in [1.165, 1.54) is 50.1 Å². The summed E-state index contributed by atoms with van der Waals surface area (Å²) in [4.78, 5) is 17.8. The highest BCUT2D eigenvalue weighted by Crippen LogP contribution is 2.38. The Morgan fingerprint density at radius 2 is 1.72 bits per heavy atom. The topological polar surface area (TPSA) is 79.4 Å². The van der Waals surface area contributed by atoms with Crippen molar-refractivity contribution in [1.82, 2.24) is 24.9 Å². The van der Waals surface area contributed by atoms with Gasteiger partial charge in [-0.1, -0.05) is 6.42 Å². The number of rotatable bonds is 5. The van der Waals surface area contributed by atoms with Gasteiger partial charge in [0, 0.05) is 50.3 Å². The number of amides is 1. The minimum atomic E-state index is -4.63. The molecule has 1 aromatic carbocycles. The number of hydrogen-bond acceptors (Lipinski definition) is 5. The van der Waals surface area contributed by atoms with E-state index >= 15 is 0 Å². The van der Waals surface area contributed by atoms with Gasteiger partial charge >= 0.3 is 6.18 Å². The fourth-order valence-electron chi connectivity index (χ4n) is 4.81. The number of nitrogens with two attached hydrogens (primary N) is 1. The minimum Gasteiger partial charge on any atom is -0.399 e. The number of nitrogens with one attached hydrogen (secondary N) is 1. The number of nitrogens with zero attached hydrogens (tertiary/aromatic N) is 4. The summed E-state index contributed by atoms with van der Waals surface area (Å²) in [5, 5.41) is 6.81. The molecule has 2 fully saturated rings. The van der Waals surface area contributed by atoms with Crippen LogP contribution in [0.1, 0.15) is 48.2 Å². The zero-order chi connectivity index (χ0) is 22.9. The quantitative estimate of drug-likeness (QED) is 0.682. The number of aryl methyl sites for hydroxylation is 1. The monoisotopic (exact) mass is 452 g/mol. The van der Waals surface area contributed by atoms with Gasteiger partial charge in [-0.25, -0.2) is 0 Å². The van der Waals surface area contributed by atoms with Crippen LogP contribution in [-0.2, 0) is 13.2 Å². The van der Waals surface area contributed by atoms with Crippen molar-refractivity contribution in [2.75, 3.05) is 45.0 Å². The van der Waals surface area contributed by atoms with Crippen LogP contribution in [0.2, 0.25) is 0 Å². The number of nitrogen functional groups attached to an aromatic ring is 1. The number of likely N-dealkylation sites (tertiary alicyclic amines) is 2. The van der Waals surface area contributed by atoms with Crippen molar-refractivity contribution in [3.63, 3.8) is 0 Å². The molecule has 2 aromatic rings. The van der Waals surface area contributed by atoms with Crippen LogP contribution in [0.5, 0.6) is 0 Å². The summed E-state index contributed by atoms with van der Waals surface area (Å²) < 4.78 is 42.2. The summed E-state index contributed by atoms with van der Waals surface area (Å²) in [6.45, 7) is 6.17. The van der Waals surface area contributed by atoms with E-state index in [4.69, 9.17) is 5.73 Å². The highest BCUT2D eigenvalue weighted by Gasteiger charge is 2.36. The van der Waals surface area contributed by atoms with Crippen molar-refractivity contribution in [3.8, 4) is 0 Å². The molecule has 10 heteroatoms. The average Bonchev–Trinajstić information content (AvgIpc) is 3.09. The second kappa shape index (κ2) is 9.27. The lowest BCUT2D eigenvalue weighted by Gasteiger charge is -2.34. The first-order chi connectivity index (χ1) is 15.2. The number of piperidine rings is 2. The lowest BCUT2D eigenvalue weighted by molar-refractivity contribution is -0.136. The predicted octanol–water partition coefficient (Wildman–Crippen LogP) is 2.85. The van der Waals surface area contributed by atoms with Crippen molar-refractivity contribution in [3.05, 3.63) is 23.4 Å². The van der Waals surface area contributed by atoms with Crippen LogP contribution in [0.3, 0.4) is 0 Å². The molecule has 1 aromatic heterocycles. The van der Waals surface area contributed by atoms with Crippen molar-refractivity contribution in [2.45, 2.75) is 44.3 Å². The Hall–Kier alpha value is -2.33. The van der Waals surface area contributed by atoms with Crippen LogP contribution in [0, 0.1) is 0 Å². The van der Waals surface area contributed by atoms with Gasteiger partial charge in [0.2, 0.25) is 0 Å². The van der Waals surface area contributed by atoms with E-state index in [-0.39, 0.29) is 28.3 Å². The second-order valence-electron chi connectivity index (χ2n) is 8.92. The molecule has 32 heavy (non-hydrogen) atoms. The Bertz CT molecular complexity index is 959. The molecule has 3 heterocycles. The van der Waals surface area contributed by atoms with Gasteiger partial charge in [-0.15, -0.1) is 0 Å². The molecule has 4 rings (SSSR count). The Kier molecular flexibility index (Phi) is 6.62. The maximum atomic E-state index is 13.6. The van der Waals surface area contributed by atoms with E-state index in [0.717, 1.165) is 45.1 Å². The van der Waals surface area contributed by atoms with Crippen LogP contribution in [0.15, 0.2) is 12.1 Å². The molecule has 3 N–H and O–H groups in total. The van der Waals surface area contributed by atoms with Crippen LogP contribution in [0.4, 0.5) is 18.9 Å². The molecule has 0 atom stereocenters. The zero-order valence-electron chi connectivity index (χ0n) is 18.4. The highest BCUT2D eigenvalue weighted by atomic mass is 19.4. The number of halogens is 3. The lowest BCUT2D eigenvalue weighted by Crippen LogP contribution is -2.47. The standard InChI is InChI=1S/C22H31F3N6O/c1-29-18-14-15(26)13-17(22(23,24)25)19(18)20(28-29)21(32)27-16-5-9-31(10-6-16)12-11-30-7-3-2-4-8-30/h13-14,16H,2-12,26H2,1H3,(H,27,32). The summed E-state index contributed by atoms with van der Waals surface area (Å²) >= 11 is 0. The van der Waals surface area contributed by atoms with Gasteiger partial charge in [-0.05, 0) is 50.9 Å². The molecular formula is C22H31F3N6O. The maximum absolute atomic E-state index is 13.6. The summed E-state index contributed by atoms with van der Waals surface area (Å²) in [6.07, 6.45) is 0.791. The van der Waals surface area contributed by atoms with E-state index in [9.17, 15) is 18.0 Å². The van der Waals surface area contributed by atoms with Crippen molar-refractivity contribution in [1.29, 1.82) is 0 Å². The third-order valence-corrected chi connectivity index (χ3v) is 6.60. The van der Waals surface area contributed by atoms with E-state index in [1.807, 2.05) is 0 Å². The summed E-state index contributed by atoms with van der Waals surface area (Å²) in [5.74, 6) is -0.572. The Morgan fingerprint density at radius 3 is 2.34 bits per heavy atom. The molecule has 0 aliphatic carbocycles. The number of carbonyl (C=O) groups excluding carboxylic acids is 1. The molecule has 0 spiro atoms. The number of aromatic nitrogens is 2. The molecule has 7 nitrogen and oxygen atoms in total. The Balaban J connectivity index is 1.39. The average molecular weight is 453 g/mol. The number of fused-ring (bicyclic) bond motifs is 1. The Morgan fingerprint density at radius 1 is 1.09 bits per heavy atom. The third kappa shape index (κ3) is 5.01. The van der Waals surface area contributed by atoms with Gasteiger partial charge in [0.25, 0.3) is 5.91 Å². The van der Waals surface area contributed by atoms with Crippen LogP contribution in [-0.4, -0.2) is 70.8 Å². The molecule has 0 saturated carbocycles. The van der Waals surface area contributed by atoms with Crippen molar-refractivity contribution in [2.24, 2.45) is 7.05 Å². The van der Waals surface area contributed by atoms with E-state index < -0.39 is 17.6 Å². The lowest BCUT2D eigenvalue weighted by atomic mass is 10.0. The fourth-order valence-corrected chi connectivity index (χ4v) is 4.81. The number of benzene rings is 1. The normalized spacial score (nSPS) is 19.5. The molecule has 176 valence electrons. The molecule has 1 amide bonds. The molecule has 2 saturated heterocycles. The maximum Gasteiger partial charge on any atom is 0.417 e. The number of alkyl halides is 3. The van der Waals surface area contributed by atoms with Gasteiger partial charge in [0.05, 0.1) is 11.1 Å². The second-order valence-corrected chi connectivity index (χ2v) is 8.92. The zero-order valence-corrected chi connectivity index (χ0v) is 18.4. The molecule has 2 aliphatic rings. The van der Waals surface area contributed by atoms with Crippen LogP contribution in [0.25, 0.3) is 10.9 Å². The van der Waals surface area contributed by atoms with Crippen LogP contribution >= 0.6 is 0 Å². The summed E-state index contributed by atoms with van der Waals surface area (Å²) in [6, 6.07) is 2.20. The third-order valence-electron chi connectivity index (χ3n) is 6.60. The Labute approximate surface area is 185 Å². The molecule has 0 unspecified atom stereocenters. The highest BCUT2D eigenvalue weighted by molar-refractivity contribution is 6.07.